The quantitative estimate of drug-likeness (QED) is 0.0539. The minimum Gasteiger partial charge on any atom is -0.497 e. The maximum absolute atomic E-state index is 11.9. The van der Waals surface area contributed by atoms with Gasteiger partial charge in [-0.15, -0.1) is 13.2 Å². The summed E-state index contributed by atoms with van der Waals surface area (Å²) >= 11 is 0. The van der Waals surface area contributed by atoms with Gasteiger partial charge in [-0.3, -0.25) is 34.7 Å². The molecule has 0 aromatic heterocycles. The van der Waals surface area contributed by atoms with Gasteiger partial charge in [-0.1, -0.05) is 48.6 Å². The molecule has 0 unspecified atom stereocenters. The van der Waals surface area contributed by atoms with Gasteiger partial charge in [0.1, 0.15) is 28.3 Å². The molecular formula is C44H64N4O9. The van der Waals surface area contributed by atoms with E-state index in [1.54, 1.807) is 66.7 Å². The van der Waals surface area contributed by atoms with Crippen molar-refractivity contribution in [2.45, 2.75) is 77.8 Å². The van der Waals surface area contributed by atoms with Crippen LogP contribution in [0.25, 0.3) is 0 Å². The average Bonchev–Trinajstić information content (AvgIpc) is 3.22. The Hall–Kier alpha value is -5.21. The van der Waals surface area contributed by atoms with E-state index in [4.69, 9.17) is 28.9 Å². The summed E-state index contributed by atoms with van der Waals surface area (Å²) in [6, 6.07) is 23.1. The molecule has 0 saturated carbocycles. The molecule has 0 aliphatic heterocycles. The summed E-state index contributed by atoms with van der Waals surface area (Å²) in [6.07, 6.45) is 3.52. The number of rotatable bonds is 19. The highest BCUT2D eigenvalue weighted by Crippen LogP contribution is 2.22. The van der Waals surface area contributed by atoms with E-state index < -0.39 is 22.5 Å². The SMILES string of the molecule is C=CCN(Cc1ccc(OC)cc1)C(C)(C)C(=O)NO.C=CCN(Cc1ccc(OC)cc1)C(C)(C)C(=O)OC.COC(=O)C(C)(C)NCc1ccc(OC)cc1. The fraction of sp³-hybridized carbons (Fsp3) is 0.432. The van der Waals surface area contributed by atoms with Gasteiger partial charge < -0.3 is 23.7 Å². The van der Waals surface area contributed by atoms with Gasteiger partial charge >= 0.3 is 11.9 Å². The van der Waals surface area contributed by atoms with E-state index in [0.717, 1.165) is 33.9 Å². The molecule has 1 amide bonds. The number of carbonyl (C=O) groups excluding carboxylic acids is 3. The fourth-order valence-electron chi connectivity index (χ4n) is 5.25. The second-order valence-electron chi connectivity index (χ2n) is 14.4. The maximum Gasteiger partial charge on any atom is 0.325 e. The van der Waals surface area contributed by atoms with E-state index in [-0.39, 0.29) is 11.9 Å². The zero-order chi connectivity index (χ0) is 43.2. The summed E-state index contributed by atoms with van der Waals surface area (Å²) in [6.45, 7) is 21.2. The topological polar surface area (TPSA) is 148 Å². The van der Waals surface area contributed by atoms with Crippen LogP contribution in [0.4, 0.5) is 0 Å². The Labute approximate surface area is 339 Å². The van der Waals surface area contributed by atoms with E-state index in [1.807, 2.05) is 96.4 Å². The number of nitrogens with zero attached hydrogens (tertiary/aromatic N) is 2. The molecular weight excluding hydrogens is 729 g/mol. The second-order valence-corrected chi connectivity index (χ2v) is 14.4. The number of esters is 2. The van der Waals surface area contributed by atoms with Crippen LogP contribution in [-0.2, 0) is 43.5 Å². The first-order valence-electron chi connectivity index (χ1n) is 18.4. The van der Waals surface area contributed by atoms with Gasteiger partial charge in [-0.25, -0.2) is 5.48 Å². The van der Waals surface area contributed by atoms with Gasteiger partial charge in [0, 0.05) is 32.7 Å². The molecule has 0 atom stereocenters. The minimum atomic E-state index is -0.844. The van der Waals surface area contributed by atoms with E-state index >= 15 is 0 Å². The molecule has 0 spiro atoms. The van der Waals surface area contributed by atoms with Crippen LogP contribution in [0.1, 0.15) is 58.2 Å². The molecule has 3 aromatic carbocycles. The number of hydroxylamine groups is 1. The Morgan fingerprint density at radius 3 is 1.26 bits per heavy atom. The summed E-state index contributed by atoms with van der Waals surface area (Å²) in [5.74, 6) is 1.44. The molecule has 3 N–H and O–H groups in total. The van der Waals surface area contributed by atoms with Gasteiger partial charge in [0.05, 0.1) is 41.1 Å². The van der Waals surface area contributed by atoms with Crippen molar-refractivity contribution in [3.63, 3.8) is 0 Å². The third-order valence-electron chi connectivity index (χ3n) is 9.28. The largest absolute Gasteiger partial charge is 0.497 e. The predicted molar refractivity (Wildman–Crippen MR) is 223 cm³/mol. The van der Waals surface area contributed by atoms with Crippen molar-refractivity contribution in [1.82, 2.24) is 20.6 Å². The summed E-state index contributed by atoms with van der Waals surface area (Å²) < 4.78 is 24.9. The molecule has 13 nitrogen and oxygen atoms in total. The van der Waals surface area contributed by atoms with Crippen molar-refractivity contribution < 1.29 is 43.3 Å². The zero-order valence-electron chi connectivity index (χ0n) is 35.6. The number of benzene rings is 3. The maximum atomic E-state index is 11.9. The Kier molecular flexibility index (Phi) is 21.3. The number of hydrogen-bond donors (Lipinski definition) is 3. The van der Waals surface area contributed by atoms with Gasteiger partial charge in [0.25, 0.3) is 5.91 Å². The first-order chi connectivity index (χ1) is 26.9. The normalized spacial score (nSPS) is 11.2. The van der Waals surface area contributed by atoms with Crippen LogP contribution in [0.15, 0.2) is 98.1 Å². The highest BCUT2D eigenvalue weighted by Gasteiger charge is 2.35. The van der Waals surface area contributed by atoms with Crippen LogP contribution in [-0.4, -0.2) is 98.1 Å². The lowest BCUT2D eigenvalue weighted by Gasteiger charge is -2.35. The van der Waals surface area contributed by atoms with E-state index in [1.165, 1.54) is 14.2 Å². The van der Waals surface area contributed by atoms with Crippen LogP contribution < -0.4 is 25.0 Å². The Bertz CT molecular complexity index is 1590. The zero-order valence-corrected chi connectivity index (χ0v) is 35.6. The molecule has 0 aliphatic rings. The molecule has 0 heterocycles. The molecule has 0 aliphatic carbocycles. The highest BCUT2D eigenvalue weighted by molar-refractivity contribution is 5.84. The van der Waals surface area contributed by atoms with Crippen molar-refractivity contribution in [2.75, 3.05) is 48.6 Å². The molecule has 3 rings (SSSR count). The molecule has 0 radical (unpaired) electrons. The fourth-order valence-corrected chi connectivity index (χ4v) is 5.25. The van der Waals surface area contributed by atoms with Crippen molar-refractivity contribution in [1.29, 1.82) is 0 Å². The average molecular weight is 793 g/mol. The number of ether oxygens (including phenoxy) is 5. The number of amides is 1. The monoisotopic (exact) mass is 792 g/mol. The minimum absolute atomic E-state index is 0.257. The number of hydrogen-bond acceptors (Lipinski definition) is 12. The Morgan fingerprint density at radius 2 is 0.947 bits per heavy atom. The van der Waals surface area contributed by atoms with Gasteiger partial charge in [0.2, 0.25) is 0 Å². The predicted octanol–water partition coefficient (Wildman–Crippen LogP) is 6.34. The number of carbonyl (C=O) groups is 3. The second kappa shape index (κ2) is 24.4. The van der Waals surface area contributed by atoms with E-state index in [0.29, 0.717) is 32.7 Å². The van der Waals surface area contributed by atoms with Crippen molar-refractivity contribution in [2.24, 2.45) is 0 Å². The summed E-state index contributed by atoms with van der Waals surface area (Å²) in [5.41, 5.74) is 2.71. The summed E-state index contributed by atoms with van der Waals surface area (Å²) in [7, 11) is 7.68. The van der Waals surface area contributed by atoms with Crippen LogP contribution in [0, 0.1) is 0 Å². The number of methoxy groups -OCH3 is 5. The van der Waals surface area contributed by atoms with E-state index in [9.17, 15) is 14.4 Å². The van der Waals surface area contributed by atoms with Crippen molar-refractivity contribution in [3.8, 4) is 17.2 Å². The van der Waals surface area contributed by atoms with Crippen LogP contribution in [0.5, 0.6) is 17.2 Å². The van der Waals surface area contributed by atoms with Gasteiger partial charge in [-0.2, -0.15) is 0 Å². The molecule has 57 heavy (non-hydrogen) atoms. The molecule has 0 bridgehead atoms. The first-order valence-corrected chi connectivity index (χ1v) is 18.4. The molecule has 0 saturated heterocycles. The van der Waals surface area contributed by atoms with Gasteiger partial charge in [-0.05, 0) is 94.6 Å². The van der Waals surface area contributed by atoms with Crippen LogP contribution >= 0.6 is 0 Å². The highest BCUT2D eigenvalue weighted by atomic mass is 16.5. The third kappa shape index (κ3) is 16.1. The Morgan fingerprint density at radius 1 is 0.596 bits per heavy atom. The van der Waals surface area contributed by atoms with Crippen LogP contribution in [0.3, 0.4) is 0 Å². The van der Waals surface area contributed by atoms with Crippen molar-refractivity contribution >= 4 is 17.8 Å². The smallest absolute Gasteiger partial charge is 0.325 e. The third-order valence-corrected chi connectivity index (χ3v) is 9.28. The summed E-state index contributed by atoms with van der Waals surface area (Å²) in [4.78, 5) is 39.1. The molecule has 0 fully saturated rings. The summed E-state index contributed by atoms with van der Waals surface area (Å²) in [5, 5.41) is 12.0. The lowest BCUT2D eigenvalue weighted by Crippen LogP contribution is -2.54. The molecule has 3 aromatic rings. The Balaban J connectivity index is 0.000000429. The lowest BCUT2D eigenvalue weighted by atomic mass is 10.0. The molecule has 13 heteroatoms. The first kappa shape index (κ1) is 49.8. The van der Waals surface area contributed by atoms with Gasteiger partial charge in [0.15, 0.2) is 0 Å². The molecule has 314 valence electrons. The van der Waals surface area contributed by atoms with Crippen LogP contribution in [0.2, 0.25) is 0 Å². The standard InChI is InChI=1S/C16H23NO3.C15H22N2O3.C13H19NO3/c1-6-11-17(16(2,3)15(18)20-5)12-13-7-9-14(19-4)10-8-13;1-5-10-17(15(2,3)14(18)16-19)11-12-6-8-13(20-4)9-7-12;1-13(2,12(15)17-4)14-9-10-5-7-11(16-3)8-6-10/h6-10H,1,11-12H2,2-5H3;5-9,19H,1,10-11H2,2-4H3,(H,16,18);5-8,14H,9H2,1-4H3. The number of nitrogens with one attached hydrogen (secondary N) is 2. The van der Waals surface area contributed by atoms with Crippen molar-refractivity contribution in [3.05, 3.63) is 115 Å². The van der Waals surface area contributed by atoms with E-state index in [2.05, 4.69) is 18.5 Å². The lowest BCUT2D eigenvalue weighted by molar-refractivity contribution is -0.153.